The highest BCUT2D eigenvalue weighted by Crippen LogP contribution is 2.45. The van der Waals surface area contributed by atoms with Gasteiger partial charge in [-0.1, -0.05) is 88.8 Å². The van der Waals surface area contributed by atoms with E-state index in [2.05, 4.69) is 10.2 Å². The second-order valence-corrected chi connectivity index (χ2v) is 11.5. The fraction of sp³-hybridized carbons (Fsp3) is 0.172. The van der Waals surface area contributed by atoms with Crippen LogP contribution in [-0.2, 0) is 15.3 Å². The van der Waals surface area contributed by atoms with Crippen LogP contribution in [0.1, 0.15) is 28.3 Å². The number of nitrogens with zero attached hydrogens (tertiary/aromatic N) is 3. The molecule has 40 heavy (non-hydrogen) atoms. The molecule has 4 aromatic rings. The number of carbonyl (C=O) groups excluding carboxylic acids is 2. The number of aliphatic hydroxyl groups is 1. The fourth-order valence-corrected chi connectivity index (χ4v) is 6.50. The molecule has 1 fully saturated rings. The van der Waals surface area contributed by atoms with E-state index in [0.29, 0.717) is 37.7 Å². The predicted molar refractivity (Wildman–Crippen MR) is 156 cm³/mol. The maximum Gasteiger partial charge on any atom is 0.301 e. The van der Waals surface area contributed by atoms with Crippen molar-refractivity contribution in [3.63, 3.8) is 0 Å². The maximum absolute atomic E-state index is 13.5. The summed E-state index contributed by atoms with van der Waals surface area (Å²) in [7, 11) is 3.02. The minimum absolute atomic E-state index is 0.0541. The van der Waals surface area contributed by atoms with Crippen LogP contribution < -0.4 is 14.4 Å². The molecule has 5 rings (SSSR count). The summed E-state index contributed by atoms with van der Waals surface area (Å²) in [5, 5.41) is 20.7. The topological polar surface area (TPSA) is 102 Å². The summed E-state index contributed by atoms with van der Waals surface area (Å²) in [4.78, 5) is 28.2. The zero-order valence-electron chi connectivity index (χ0n) is 21.8. The van der Waals surface area contributed by atoms with Crippen LogP contribution in [0.25, 0.3) is 5.76 Å². The lowest BCUT2D eigenvalue weighted by atomic mass is 9.95. The summed E-state index contributed by atoms with van der Waals surface area (Å²) < 4.78 is 11.5. The van der Waals surface area contributed by atoms with Crippen molar-refractivity contribution in [2.75, 3.05) is 19.1 Å². The molecule has 0 radical (unpaired) electrons. The van der Waals surface area contributed by atoms with E-state index in [1.165, 1.54) is 42.2 Å². The lowest BCUT2D eigenvalue weighted by molar-refractivity contribution is -0.132. The number of thioether (sulfide) groups is 1. The average molecular weight is 594 g/mol. The molecule has 3 aromatic carbocycles. The first-order valence-electron chi connectivity index (χ1n) is 12.1. The van der Waals surface area contributed by atoms with Gasteiger partial charge in [-0.05, 0) is 36.2 Å². The quantitative estimate of drug-likeness (QED) is 0.0819. The van der Waals surface area contributed by atoms with Crippen molar-refractivity contribution in [1.29, 1.82) is 0 Å². The van der Waals surface area contributed by atoms with Gasteiger partial charge in [0.2, 0.25) is 5.13 Å². The number of benzene rings is 3. The molecule has 1 N–H and O–H groups in total. The zero-order valence-corrected chi connectivity index (χ0v) is 24.1. The van der Waals surface area contributed by atoms with Crippen LogP contribution in [0.15, 0.2) is 76.6 Å². The number of carbonyl (C=O) groups is 2. The molecule has 0 saturated carbocycles. The second kappa shape index (κ2) is 11.7. The third-order valence-corrected chi connectivity index (χ3v) is 8.88. The number of ether oxygens (including phenoxy) is 2. The summed E-state index contributed by atoms with van der Waals surface area (Å²) in [6.45, 7) is 1.92. The van der Waals surface area contributed by atoms with Gasteiger partial charge in [-0.25, -0.2) is 0 Å². The predicted octanol–water partition coefficient (Wildman–Crippen LogP) is 6.44. The summed E-state index contributed by atoms with van der Waals surface area (Å²) in [5.74, 6) is -0.464. The van der Waals surface area contributed by atoms with Crippen LogP contribution in [0.2, 0.25) is 5.02 Å². The summed E-state index contributed by atoms with van der Waals surface area (Å²) in [5.41, 5.74) is 2.83. The molecule has 1 aliphatic heterocycles. The molecule has 1 amide bonds. The smallest absolute Gasteiger partial charge is 0.301 e. The van der Waals surface area contributed by atoms with Gasteiger partial charge >= 0.3 is 5.91 Å². The number of methoxy groups -OCH3 is 2. The molecule has 0 bridgehead atoms. The van der Waals surface area contributed by atoms with Gasteiger partial charge in [-0.3, -0.25) is 14.5 Å². The van der Waals surface area contributed by atoms with Crippen molar-refractivity contribution in [2.45, 2.75) is 23.1 Å². The molecule has 2 heterocycles. The highest BCUT2D eigenvalue weighted by Gasteiger charge is 2.48. The Morgan fingerprint density at radius 3 is 2.45 bits per heavy atom. The number of aliphatic hydroxyl groups excluding tert-OH is 1. The van der Waals surface area contributed by atoms with E-state index >= 15 is 0 Å². The standard InChI is InChI=1S/C29H24ClN3O5S2/c1-16-8-10-17(11-9-16)25(34)23-24(18-12-13-21(37-2)22(14-18)38-3)33(27(36)26(23)35)28-31-32-29(40-28)39-15-19-6-4-5-7-20(19)30/h4-14,24,34H,15H2,1-3H3/b25-23-. The van der Waals surface area contributed by atoms with Gasteiger partial charge in [0.15, 0.2) is 15.8 Å². The van der Waals surface area contributed by atoms with Crippen LogP contribution in [-0.4, -0.2) is 41.2 Å². The molecular weight excluding hydrogens is 570 g/mol. The third kappa shape index (κ3) is 5.30. The molecule has 1 unspecified atom stereocenters. The molecule has 1 aliphatic rings. The van der Waals surface area contributed by atoms with Crippen LogP contribution in [0.4, 0.5) is 5.13 Å². The molecule has 1 atom stereocenters. The van der Waals surface area contributed by atoms with Crippen LogP contribution in [0.3, 0.4) is 0 Å². The van der Waals surface area contributed by atoms with E-state index in [1.807, 2.05) is 43.3 Å². The lowest BCUT2D eigenvalue weighted by Gasteiger charge is -2.23. The highest BCUT2D eigenvalue weighted by molar-refractivity contribution is 8.00. The molecule has 204 valence electrons. The fourth-order valence-electron chi connectivity index (χ4n) is 4.35. The first kappa shape index (κ1) is 27.7. The number of Topliss-reactive ketones (excluding diaryl/α,β-unsaturated/α-hetero) is 1. The number of anilines is 1. The maximum atomic E-state index is 13.5. The van der Waals surface area contributed by atoms with Crippen molar-refractivity contribution < 1.29 is 24.2 Å². The molecule has 8 nitrogen and oxygen atoms in total. The SMILES string of the molecule is COc1ccc(C2/C(=C(/O)c3ccc(C)cc3)C(=O)C(=O)N2c2nnc(SCc3ccccc3Cl)s2)cc1OC. The molecular formula is C29H24ClN3O5S2. The molecule has 11 heteroatoms. The Morgan fingerprint density at radius 2 is 1.75 bits per heavy atom. The minimum Gasteiger partial charge on any atom is -0.507 e. The number of hydrogen-bond donors (Lipinski definition) is 1. The van der Waals surface area contributed by atoms with Crippen LogP contribution >= 0.6 is 34.7 Å². The minimum atomic E-state index is -0.976. The Morgan fingerprint density at radius 1 is 1.02 bits per heavy atom. The van der Waals surface area contributed by atoms with E-state index in [1.54, 1.807) is 30.3 Å². The Labute approximate surface area is 244 Å². The number of amides is 1. The molecule has 1 aromatic heterocycles. The molecule has 1 saturated heterocycles. The zero-order chi connectivity index (χ0) is 28.4. The normalized spacial score (nSPS) is 16.4. The largest absolute Gasteiger partial charge is 0.507 e. The van der Waals surface area contributed by atoms with Gasteiger partial charge in [-0.2, -0.15) is 0 Å². The number of halogens is 1. The number of rotatable bonds is 8. The van der Waals surface area contributed by atoms with E-state index in [0.717, 1.165) is 11.1 Å². The van der Waals surface area contributed by atoms with Crippen molar-refractivity contribution in [3.05, 3.63) is 99.6 Å². The highest BCUT2D eigenvalue weighted by atomic mass is 35.5. The number of aromatic nitrogens is 2. The van der Waals surface area contributed by atoms with Crippen molar-refractivity contribution in [1.82, 2.24) is 10.2 Å². The Bertz CT molecular complexity index is 1620. The van der Waals surface area contributed by atoms with Gasteiger partial charge < -0.3 is 14.6 Å². The van der Waals surface area contributed by atoms with E-state index < -0.39 is 17.7 Å². The van der Waals surface area contributed by atoms with Crippen molar-refractivity contribution >= 4 is 57.3 Å². The summed E-state index contributed by atoms with van der Waals surface area (Å²) in [6.07, 6.45) is 0. The van der Waals surface area contributed by atoms with Gasteiger partial charge in [0, 0.05) is 16.3 Å². The lowest BCUT2D eigenvalue weighted by Crippen LogP contribution is -2.29. The number of aryl methyl sites for hydroxylation is 1. The van der Waals surface area contributed by atoms with Crippen molar-refractivity contribution in [2.24, 2.45) is 0 Å². The van der Waals surface area contributed by atoms with Gasteiger partial charge in [0.05, 0.1) is 25.8 Å². The van der Waals surface area contributed by atoms with E-state index in [9.17, 15) is 14.7 Å². The molecule has 0 aliphatic carbocycles. The Kier molecular flexibility index (Phi) is 8.11. The average Bonchev–Trinajstić information content (AvgIpc) is 3.54. The second-order valence-electron chi connectivity index (χ2n) is 8.88. The van der Waals surface area contributed by atoms with E-state index in [4.69, 9.17) is 21.1 Å². The van der Waals surface area contributed by atoms with Crippen LogP contribution in [0.5, 0.6) is 11.5 Å². The first-order valence-corrected chi connectivity index (χ1v) is 14.3. The van der Waals surface area contributed by atoms with Gasteiger partial charge in [-0.15, -0.1) is 10.2 Å². The first-order chi connectivity index (χ1) is 19.3. The summed E-state index contributed by atoms with van der Waals surface area (Å²) >= 11 is 8.89. The molecule has 0 spiro atoms. The van der Waals surface area contributed by atoms with Gasteiger partial charge in [0.25, 0.3) is 5.78 Å². The van der Waals surface area contributed by atoms with Crippen LogP contribution in [0, 0.1) is 6.92 Å². The Balaban J connectivity index is 1.58. The number of hydrogen-bond acceptors (Lipinski definition) is 9. The third-order valence-electron chi connectivity index (χ3n) is 6.40. The Hall–Kier alpha value is -3.86. The van der Waals surface area contributed by atoms with Crippen molar-refractivity contribution in [3.8, 4) is 11.5 Å². The van der Waals surface area contributed by atoms with Gasteiger partial charge in [0.1, 0.15) is 5.76 Å². The monoisotopic (exact) mass is 593 g/mol. The number of ketones is 1. The van der Waals surface area contributed by atoms with E-state index in [-0.39, 0.29) is 16.5 Å². The summed E-state index contributed by atoms with van der Waals surface area (Å²) in [6, 6.07) is 18.7.